The highest BCUT2D eigenvalue weighted by atomic mass is 16.6. The highest BCUT2D eigenvalue weighted by Crippen LogP contribution is 2.04. The van der Waals surface area contributed by atoms with E-state index < -0.39 is 17.1 Å². The van der Waals surface area contributed by atoms with Gasteiger partial charge in [-0.15, -0.1) is 0 Å². The molecule has 0 aliphatic rings. The number of hydrogen-bond donors (Lipinski definition) is 0. The third kappa shape index (κ3) is 1.46. The normalized spacial score (nSPS) is 11.4. The topological polar surface area (TPSA) is 63.0 Å². The standard InChI is InChI=1S/C4H8NO3/c1-4(2,3-6)5(7)8/h3H2,1-2H3. The number of nitro groups is 1. The second-order valence-corrected chi connectivity index (χ2v) is 2.21. The lowest BCUT2D eigenvalue weighted by Gasteiger charge is -2.08. The van der Waals surface area contributed by atoms with Gasteiger partial charge >= 0.3 is 0 Å². The summed E-state index contributed by atoms with van der Waals surface area (Å²) in [4.78, 5) is 9.29. The first kappa shape index (κ1) is 7.36. The van der Waals surface area contributed by atoms with Crippen molar-refractivity contribution < 1.29 is 10.0 Å². The van der Waals surface area contributed by atoms with Crippen LogP contribution in [-0.4, -0.2) is 17.1 Å². The molecule has 4 heteroatoms. The Kier molecular flexibility index (Phi) is 1.92. The quantitative estimate of drug-likeness (QED) is 0.391. The number of rotatable bonds is 2. The molecular weight excluding hydrogens is 110 g/mol. The van der Waals surface area contributed by atoms with E-state index in [2.05, 4.69) is 0 Å². The van der Waals surface area contributed by atoms with Crippen LogP contribution in [0.3, 0.4) is 0 Å². The van der Waals surface area contributed by atoms with Gasteiger partial charge < -0.3 is 0 Å². The Labute approximate surface area is 47.3 Å². The summed E-state index contributed by atoms with van der Waals surface area (Å²) < 4.78 is 0. The minimum absolute atomic E-state index is 0.569. The molecule has 0 fully saturated rings. The summed E-state index contributed by atoms with van der Waals surface area (Å²) >= 11 is 0. The second-order valence-electron chi connectivity index (χ2n) is 2.21. The Morgan fingerprint density at radius 2 is 2.00 bits per heavy atom. The molecule has 0 aromatic heterocycles. The van der Waals surface area contributed by atoms with Crippen molar-refractivity contribution in [3.8, 4) is 0 Å². The van der Waals surface area contributed by atoms with Crippen molar-refractivity contribution in [2.45, 2.75) is 19.4 Å². The minimum atomic E-state index is -1.29. The van der Waals surface area contributed by atoms with Gasteiger partial charge in [-0.2, -0.15) is 0 Å². The van der Waals surface area contributed by atoms with E-state index in [0.717, 1.165) is 0 Å². The third-order valence-corrected chi connectivity index (χ3v) is 0.847. The summed E-state index contributed by atoms with van der Waals surface area (Å²) in [5.74, 6) is 0. The Balaban J connectivity index is 3.91. The highest BCUT2D eigenvalue weighted by molar-refractivity contribution is 4.62. The Morgan fingerprint density at radius 1 is 1.62 bits per heavy atom. The first-order valence-electron chi connectivity index (χ1n) is 2.23. The smallest absolute Gasteiger partial charge is 0.242 e. The van der Waals surface area contributed by atoms with Crippen LogP contribution in [0.15, 0.2) is 0 Å². The molecule has 0 N–H and O–H groups in total. The summed E-state index contributed by atoms with van der Waals surface area (Å²) in [6.45, 7) is 1.94. The summed E-state index contributed by atoms with van der Waals surface area (Å²) in [5.41, 5.74) is -1.29. The molecule has 0 saturated carbocycles. The molecule has 47 valence electrons. The molecule has 0 atom stereocenters. The lowest BCUT2D eigenvalue weighted by Crippen LogP contribution is -2.34. The van der Waals surface area contributed by atoms with E-state index in [4.69, 9.17) is 0 Å². The maximum atomic E-state index is 9.95. The van der Waals surface area contributed by atoms with E-state index in [9.17, 15) is 15.2 Å². The molecule has 0 aromatic carbocycles. The molecule has 0 saturated heterocycles. The molecule has 0 bridgehead atoms. The average Bonchev–Trinajstić information content (AvgIpc) is 1.67. The van der Waals surface area contributed by atoms with E-state index >= 15 is 0 Å². The first-order chi connectivity index (χ1) is 3.50. The van der Waals surface area contributed by atoms with Gasteiger partial charge in [0.15, 0.2) is 6.61 Å². The van der Waals surface area contributed by atoms with Crippen LogP contribution in [0.5, 0.6) is 0 Å². The molecule has 4 nitrogen and oxygen atoms in total. The van der Waals surface area contributed by atoms with Gasteiger partial charge in [0.1, 0.15) is 0 Å². The highest BCUT2D eigenvalue weighted by Gasteiger charge is 2.29. The molecule has 8 heavy (non-hydrogen) atoms. The van der Waals surface area contributed by atoms with Gasteiger partial charge in [-0.25, -0.2) is 5.11 Å². The Bertz CT molecular complexity index is 99.5. The first-order valence-corrected chi connectivity index (χ1v) is 2.23. The van der Waals surface area contributed by atoms with Gasteiger partial charge in [0.05, 0.1) is 0 Å². The van der Waals surface area contributed by atoms with Crippen LogP contribution in [-0.2, 0) is 5.11 Å². The number of hydrogen-bond acceptors (Lipinski definition) is 2. The largest absolute Gasteiger partial charge is 0.264 e. The van der Waals surface area contributed by atoms with Gasteiger partial charge in [-0.1, -0.05) is 0 Å². The van der Waals surface area contributed by atoms with Crippen LogP contribution in [0.4, 0.5) is 0 Å². The van der Waals surface area contributed by atoms with E-state index in [-0.39, 0.29) is 0 Å². The van der Waals surface area contributed by atoms with E-state index in [1.54, 1.807) is 0 Å². The molecule has 0 aromatic rings. The van der Waals surface area contributed by atoms with Gasteiger partial charge in [0, 0.05) is 18.8 Å². The molecule has 0 spiro atoms. The number of nitrogens with zero attached hydrogens (tertiary/aromatic N) is 1. The van der Waals surface area contributed by atoms with Crippen molar-refractivity contribution >= 4 is 0 Å². The van der Waals surface area contributed by atoms with Crippen molar-refractivity contribution in [2.24, 2.45) is 0 Å². The van der Waals surface area contributed by atoms with Gasteiger partial charge in [-0.3, -0.25) is 10.1 Å². The van der Waals surface area contributed by atoms with Crippen LogP contribution >= 0.6 is 0 Å². The molecule has 0 heterocycles. The molecule has 0 unspecified atom stereocenters. The second kappa shape index (κ2) is 2.09. The van der Waals surface area contributed by atoms with Gasteiger partial charge in [0.2, 0.25) is 5.54 Å². The van der Waals surface area contributed by atoms with Crippen LogP contribution in [0.1, 0.15) is 13.8 Å². The summed E-state index contributed by atoms with van der Waals surface area (Å²) in [5, 5.41) is 19.8. The molecule has 0 amide bonds. The Morgan fingerprint density at radius 3 is 2.00 bits per heavy atom. The summed E-state index contributed by atoms with van der Waals surface area (Å²) in [6.07, 6.45) is 0. The van der Waals surface area contributed by atoms with Crippen LogP contribution in [0, 0.1) is 10.1 Å². The predicted molar refractivity (Wildman–Crippen MR) is 26.6 cm³/mol. The predicted octanol–water partition coefficient (Wildman–Crippen LogP) is 0.472. The van der Waals surface area contributed by atoms with Gasteiger partial charge in [0.25, 0.3) is 0 Å². The van der Waals surface area contributed by atoms with E-state index in [1.165, 1.54) is 13.8 Å². The lowest BCUT2D eigenvalue weighted by molar-refractivity contribution is -0.565. The minimum Gasteiger partial charge on any atom is -0.264 e. The molecule has 0 rings (SSSR count). The van der Waals surface area contributed by atoms with Gasteiger partial charge in [-0.05, 0) is 0 Å². The average molecular weight is 118 g/mol. The molecule has 1 radical (unpaired) electrons. The van der Waals surface area contributed by atoms with Crippen molar-refractivity contribution in [1.82, 2.24) is 0 Å². The van der Waals surface area contributed by atoms with Crippen LogP contribution in [0.25, 0.3) is 0 Å². The van der Waals surface area contributed by atoms with Crippen molar-refractivity contribution in [3.05, 3.63) is 10.1 Å². The van der Waals surface area contributed by atoms with Crippen molar-refractivity contribution in [2.75, 3.05) is 6.61 Å². The van der Waals surface area contributed by atoms with Crippen molar-refractivity contribution in [3.63, 3.8) is 0 Å². The molecule has 0 aliphatic carbocycles. The molecule has 0 aliphatic heterocycles. The zero-order valence-corrected chi connectivity index (χ0v) is 4.88. The SMILES string of the molecule is CC(C)(C[O])[N+](=O)[O-]. The zero-order chi connectivity index (χ0) is 6.78. The third-order valence-electron chi connectivity index (χ3n) is 0.847. The maximum absolute atomic E-state index is 9.95. The fraction of sp³-hybridized carbons (Fsp3) is 1.00. The summed E-state index contributed by atoms with van der Waals surface area (Å²) in [6, 6.07) is 0. The fourth-order valence-electron chi connectivity index (χ4n) is 0.0527. The Hall–Kier alpha value is -0.640. The monoisotopic (exact) mass is 118 g/mol. The lowest BCUT2D eigenvalue weighted by atomic mass is 10.1. The van der Waals surface area contributed by atoms with E-state index in [1.807, 2.05) is 0 Å². The zero-order valence-electron chi connectivity index (χ0n) is 4.88. The fourth-order valence-corrected chi connectivity index (χ4v) is 0.0527. The van der Waals surface area contributed by atoms with Crippen LogP contribution < -0.4 is 0 Å². The summed E-state index contributed by atoms with van der Waals surface area (Å²) in [7, 11) is 0. The maximum Gasteiger partial charge on any atom is 0.242 e. The van der Waals surface area contributed by atoms with Crippen LogP contribution in [0.2, 0.25) is 0 Å². The van der Waals surface area contributed by atoms with E-state index in [0.29, 0.717) is 0 Å². The van der Waals surface area contributed by atoms with Crippen molar-refractivity contribution in [1.29, 1.82) is 0 Å². The molecular formula is C4H8NO3.